The Morgan fingerprint density at radius 3 is 2.60 bits per heavy atom. The maximum Gasteiger partial charge on any atom is 0.00191 e. The molecule has 15 heavy (non-hydrogen) atoms. The Morgan fingerprint density at radius 2 is 1.93 bits per heavy atom. The van der Waals surface area contributed by atoms with Gasteiger partial charge in [-0.2, -0.15) is 0 Å². The highest BCUT2D eigenvalue weighted by molar-refractivity contribution is 4.69. The number of hydrogen-bond acceptors (Lipinski definition) is 2. The van der Waals surface area contributed by atoms with Gasteiger partial charge in [-0.1, -0.05) is 26.7 Å². The van der Waals surface area contributed by atoms with Gasteiger partial charge in [0.05, 0.1) is 0 Å². The molecule has 1 fully saturated rings. The number of nitrogens with one attached hydrogen (secondary N) is 1. The third-order valence-corrected chi connectivity index (χ3v) is 3.22. The molecule has 0 aromatic rings. The Hall–Kier alpha value is -0.0800. The van der Waals surface area contributed by atoms with Crippen molar-refractivity contribution in [2.75, 3.05) is 32.7 Å². The van der Waals surface area contributed by atoms with Crippen LogP contribution in [0.4, 0.5) is 0 Å². The molecule has 1 unspecified atom stereocenters. The van der Waals surface area contributed by atoms with Crippen LogP contribution >= 0.6 is 0 Å². The van der Waals surface area contributed by atoms with Gasteiger partial charge in [0, 0.05) is 6.54 Å². The molecule has 1 N–H and O–H groups in total. The van der Waals surface area contributed by atoms with E-state index in [2.05, 4.69) is 24.1 Å². The van der Waals surface area contributed by atoms with Gasteiger partial charge in [-0.3, -0.25) is 0 Å². The second-order valence-corrected chi connectivity index (χ2v) is 5.02. The molecule has 1 rings (SSSR count). The summed E-state index contributed by atoms with van der Waals surface area (Å²) in [5.41, 5.74) is 0. The summed E-state index contributed by atoms with van der Waals surface area (Å²) >= 11 is 0. The van der Waals surface area contributed by atoms with E-state index >= 15 is 0 Å². The zero-order valence-electron chi connectivity index (χ0n) is 10.6. The minimum Gasteiger partial charge on any atom is -0.316 e. The van der Waals surface area contributed by atoms with Crippen molar-refractivity contribution in [3.63, 3.8) is 0 Å². The lowest BCUT2D eigenvalue weighted by Gasteiger charge is -2.20. The number of likely N-dealkylation sites (tertiary alicyclic amines) is 1. The molecule has 0 amide bonds. The average Bonchev–Trinajstić information content (AvgIpc) is 2.70. The summed E-state index contributed by atoms with van der Waals surface area (Å²) in [6, 6.07) is 0. The summed E-state index contributed by atoms with van der Waals surface area (Å²) in [7, 11) is 0. The van der Waals surface area contributed by atoms with Crippen molar-refractivity contribution in [2.45, 2.75) is 46.0 Å². The Balaban J connectivity index is 1.91. The first-order valence-corrected chi connectivity index (χ1v) is 6.76. The molecule has 1 aliphatic heterocycles. The smallest absolute Gasteiger partial charge is 0.00191 e. The first-order valence-electron chi connectivity index (χ1n) is 6.76. The van der Waals surface area contributed by atoms with Gasteiger partial charge in [0.25, 0.3) is 0 Å². The third kappa shape index (κ3) is 6.16. The monoisotopic (exact) mass is 212 g/mol. The molecule has 1 heterocycles. The zero-order chi connectivity index (χ0) is 10.9. The standard InChI is InChI=1S/C13H28N2/c1-3-4-5-8-14-11-13(2)12-15-9-6-7-10-15/h13-14H,3-12H2,1-2H3. The maximum absolute atomic E-state index is 3.57. The first kappa shape index (κ1) is 13.0. The fourth-order valence-corrected chi connectivity index (χ4v) is 2.32. The Morgan fingerprint density at radius 1 is 1.20 bits per heavy atom. The van der Waals surface area contributed by atoms with Crippen LogP contribution in [-0.2, 0) is 0 Å². The van der Waals surface area contributed by atoms with Crippen LogP contribution < -0.4 is 5.32 Å². The van der Waals surface area contributed by atoms with Crippen LogP contribution in [0, 0.1) is 5.92 Å². The molecule has 1 aliphatic rings. The Labute approximate surface area is 95.4 Å². The van der Waals surface area contributed by atoms with Gasteiger partial charge in [0.1, 0.15) is 0 Å². The fourth-order valence-electron chi connectivity index (χ4n) is 2.32. The van der Waals surface area contributed by atoms with E-state index in [-0.39, 0.29) is 0 Å². The summed E-state index contributed by atoms with van der Waals surface area (Å²) in [4.78, 5) is 2.61. The van der Waals surface area contributed by atoms with Crippen LogP contribution in [0.15, 0.2) is 0 Å². The van der Waals surface area contributed by atoms with E-state index in [1.807, 2.05) is 0 Å². The van der Waals surface area contributed by atoms with Crippen LogP contribution in [0.2, 0.25) is 0 Å². The lowest BCUT2D eigenvalue weighted by molar-refractivity contribution is 0.282. The highest BCUT2D eigenvalue weighted by Gasteiger charge is 2.13. The van der Waals surface area contributed by atoms with Gasteiger partial charge >= 0.3 is 0 Å². The van der Waals surface area contributed by atoms with Crippen molar-refractivity contribution < 1.29 is 0 Å². The van der Waals surface area contributed by atoms with Crippen LogP contribution in [0.5, 0.6) is 0 Å². The van der Waals surface area contributed by atoms with E-state index < -0.39 is 0 Å². The van der Waals surface area contributed by atoms with Crippen LogP contribution in [0.25, 0.3) is 0 Å². The second-order valence-electron chi connectivity index (χ2n) is 5.02. The number of hydrogen-bond donors (Lipinski definition) is 1. The lowest BCUT2D eigenvalue weighted by atomic mass is 10.1. The predicted molar refractivity (Wildman–Crippen MR) is 67.2 cm³/mol. The molecule has 0 radical (unpaired) electrons. The molecule has 2 nitrogen and oxygen atoms in total. The van der Waals surface area contributed by atoms with Crippen molar-refractivity contribution in [3.8, 4) is 0 Å². The summed E-state index contributed by atoms with van der Waals surface area (Å²) < 4.78 is 0. The minimum atomic E-state index is 0.810. The van der Waals surface area contributed by atoms with Gasteiger partial charge < -0.3 is 10.2 Å². The second kappa shape index (κ2) is 8.12. The molecule has 0 aliphatic carbocycles. The molecule has 1 saturated heterocycles. The fraction of sp³-hybridized carbons (Fsp3) is 1.00. The van der Waals surface area contributed by atoms with Crippen molar-refractivity contribution in [2.24, 2.45) is 5.92 Å². The van der Waals surface area contributed by atoms with Crippen LogP contribution in [0.3, 0.4) is 0 Å². The zero-order valence-corrected chi connectivity index (χ0v) is 10.6. The molecule has 1 atom stereocenters. The molecule has 0 aromatic heterocycles. The summed E-state index contributed by atoms with van der Waals surface area (Å²) in [5, 5.41) is 3.57. The average molecular weight is 212 g/mol. The first-order chi connectivity index (χ1) is 7.33. The van der Waals surface area contributed by atoms with Gasteiger partial charge in [-0.05, 0) is 51.4 Å². The van der Waals surface area contributed by atoms with Crippen LogP contribution in [-0.4, -0.2) is 37.6 Å². The maximum atomic E-state index is 3.57. The summed E-state index contributed by atoms with van der Waals surface area (Å²) in [5.74, 6) is 0.810. The van der Waals surface area contributed by atoms with E-state index in [9.17, 15) is 0 Å². The SMILES string of the molecule is CCCCCNCC(C)CN1CCCC1. The highest BCUT2D eigenvalue weighted by Crippen LogP contribution is 2.09. The van der Waals surface area contributed by atoms with Crippen molar-refractivity contribution in [1.82, 2.24) is 10.2 Å². The number of unbranched alkanes of at least 4 members (excludes halogenated alkanes) is 2. The summed E-state index contributed by atoms with van der Waals surface area (Å²) in [6.07, 6.45) is 6.86. The third-order valence-electron chi connectivity index (χ3n) is 3.22. The van der Waals surface area contributed by atoms with E-state index in [1.165, 1.54) is 64.8 Å². The van der Waals surface area contributed by atoms with E-state index in [4.69, 9.17) is 0 Å². The van der Waals surface area contributed by atoms with Gasteiger partial charge in [0.15, 0.2) is 0 Å². The topological polar surface area (TPSA) is 15.3 Å². The minimum absolute atomic E-state index is 0.810. The lowest BCUT2D eigenvalue weighted by Crippen LogP contribution is -2.32. The quantitative estimate of drug-likeness (QED) is 0.622. The molecule has 0 aromatic carbocycles. The van der Waals surface area contributed by atoms with Gasteiger partial charge in [-0.25, -0.2) is 0 Å². The normalized spacial score (nSPS) is 19.6. The number of rotatable bonds is 8. The predicted octanol–water partition coefficient (Wildman–Crippen LogP) is 2.50. The van der Waals surface area contributed by atoms with Crippen molar-refractivity contribution in [3.05, 3.63) is 0 Å². The van der Waals surface area contributed by atoms with E-state index in [1.54, 1.807) is 0 Å². The van der Waals surface area contributed by atoms with Gasteiger partial charge in [-0.15, -0.1) is 0 Å². The van der Waals surface area contributed by atoms with Crippen molar-refractivity contribution >= 4 is 0 Å². The van der Waals surface area contributed by atoms with E-state index in [0.717, 1.165) is 5.92 Å². The molecular formula is C13H28N2. The molecule has 0 bridgehead atoms. The highest BCUT2D eigenvalue weighted by atomic mass is 15.1. The largest absolute Gasteiger partial charge is 0.316 e. The van der Waals surface area contributed by atoms with E-state index in [0.29, 0.717) is 0 Å². The van der Waals surface area contributed by atoms with Crippen molar-refractivity contribution in [1.29, 1.82) is 0 Å². The Bertz CT molecular complexity index is 141. The molecule has 90 valence electrons. The molecular weight excluding hydrogens is 184 g/mol. The van der Waals surface area contributed by atoms with Gasteiger partial charge in [0.2, 0.25) is 0 Å². The summed E-state index contributed by atoms with van der Waals surface area (Å²) in [6.45, 7) is 11.0. The number of nitrogens with zero attached hydrogens (tertiary/aromatic N) is 1. The molecule has 0 spiro atoms. The Kier molecular flexibility index (Phi) is 7.03. The van der Waals surface area contributed by atoms with Crippen LogP contribution in [0.1, 0.15) is 46.0 Å². The molecule has 2 heteroatoms. The molecule has 0 saturated carbocycles.